The molecule has 1 rings (SSSR count). The Kier molecular flexibility index (Phi) is 6.01. The van der Waals surface area contributed by atoms with Gasteiger partial charge < -0.3 is 10.0 Å². The summed E-state index contributed by atoms with van der Waals surface area (Å²) in [5, 5.41) is 9.22. The molecule has 0 atom stereocenters. The molecule has 0 fully saturated rings. The van der Waals surface area contributed by atoms with E-state index in [-0.39, 0.29) is 12.5 Å². The van der Waals surface area contributed by atoms with Crippen molar-refractivity contribution in [3.63, 3.8) is 0 Å². The predicted molar refractivity (Wildman–Crippen MR) is 72.1 cm³/mol. The number of hydrogen-bond donors (Lipinski definition) is 1. The summed E-state index contributed by atoms with van der Waals surface area (Å²) >= 11 is 7.46. The zero-order valence-corrected chi connectivity index (χ0v) is 11.5. The minimum Gasteiger partial charge on any atom is -0.480 e. The van der Waals surface area contributed by atoms with Crippen LogP contribution in [0.3, 0.4) is 0 Å². The lowest BCUT2D eigenvalue weighted by Gasteiger charge is -2.14. The molecule has 0 saturated heterocycles. The molecular weight excluding hydrogens is 274 g/mol. The Morgan fingerprint density at radius 1 is 1.39 bits per heavy atom. The van der Waals surface area contributed by atoms with Crippen molar-refractivity contribution in [2.75, 3.05) is 19.3 Å². The number of hydrogen-bond acceptors (Lipinski definition) is 3. The van der Waals surface area contributed by atoms with Crippen molar-refractivity contribution in [1.29, 1.82) is 0 Å². The summed E-state index contributed by atoms with van der Waals surface area (Å²) in [4.78, 5) is 24.1. The number of thioether (sulfide) groups is 1. The van der Waals surface area contributed by atoms with Gasteiger partial charge in [-0.1, -0.05) is 23.7 Å². The first-order valence-electron chi connectivity index (χ1n) is 5.34. The van der Waals surface area contributed by atoms with Gasteiger partial charge in [-0.05, 0) is 12.1 Å². The van der Waals surface area contributed by atoms with Crippen molar-refractivity contribution in [2.45, 2.75) is 11.3 Å². The average Bonchev–Trinajstić information content (AvgIpc) is 2.30. The third kappa shape index (κ3) is 4.98. The van der Waals surface area contributed by atoms with Crippen molar-refractivity contribution in [1.82, 2.24) is 4.90 Å². The molecular formula is C12H14ClNO3S. The normalized spacial score (nSPS) is 10.1. The first-order chi connectivity index (χ1) is 8.50. The van der Waals surface area contributed by atoms with Crippen LogP contribution in [0, 0.1) is 0 Å². The van der Waals surface area contributed by atoms with Gasteiger partial charge in [0.1, 0.15) is 6.54 Å². The van der Waals surface area contributed by atoms with Crippen LogP contribution < -0.4 is 0 Å². The van der Waals surface area contributed by atoms with Crippen molar-refractivity contribution >= 4 is 35.2 Å². The van der Waals surface area contributed by atoms with Crippen LogP contribution in [0.25, 0.3) is 0 Å². The van der Waals surface area contributed by atoms with Crippen molar-refractivity contribution in [3.8, 4) is 0 Å². The third-order valence-corrected chi connectivity index (χ3v) is 3.73. The van der Waals surface area contributed by atoms with Gasteiger partial charge in [0.25, 0.3) is 0 Å². The van der Waals surface area contributed by atoms with Crippen LogP contribution in [0.2, 0.25) is 5.02 Å². The molecule has 0 spiro atoms. The van der Waals surface area contributed by atoms with Crippen LogP contribution in [-0.4, -0.2) is 41.2 Å². The molecule has 0 aliphatic heterocycles. The second-order valence-corrected chi connectivity index (χ2v) is 5.22. The fourth-order valence-corrected chi connectivity index (χ4v) is 2.47. The number of carbonyl (C=O) groups excluding carboxylic acids is 1. The van der Waals surface area contributed by atoms with Gasteiger partial charge in [-0.25, -0.2) is 0 Å². The van der Waals surface area contributed by atoms with Crippen LogP contribution in [0.1, 0.15) is 6.42 Å². The molecule has 0 radical (unpaired) electrons. The van der Waals surface area contributed by atoms with Crippen LogP contribution in [-0.2, 0) is 9.59 Å². The molecule has 0 unspecified atom stereocenters. The van der Waals surface area contributed by atoms with E-state index in [1.54, 1.807) is 6.07 Å². The molecule has 1 aromatic carbocycles. The van der Waals surface area contributed by atoms with Gasteiger partial charge in [-0.3, -0.25) is 9.59 Å². The molecule has 0 aliphatic rings. The standard InChI is InChI=1S/C12H14ClNO3S/c1-14(8-12(16)17)11(15)6-7-18-10-5-3-2-4-9(10)13/h2-5H,6-8H2,1H3,(H,16,17). The molecule has 0 aliphatic carbocycles. The van der Waals surface area contributed by atoms with E-state index < -0.39 is 5.97 Å². The molecule has 1 aromatic rings. The number of carbonyl (C=O) groups is 2. The Labute approximate surface area is 115 Å². The summed E-state index contributed by atoms with van der Waals surface area (Å²) in [6.45, 7) is -0.268. The number of carboxylic acid groups (broad SMARTS) is 1. The van der Waals surface area contributed by atoms with Crippen LogP contribution in [0.4, 0.5) is 0 Å². The zero-order valence-electron chi connectivity index (χ0n) is 9.93. The first-order valence-corrected chi connectivity index (χ1v) is 6.70. The largest absolute Gasteiger partial charge is 0.480 e. The lowest BCUT2D eigenvalue weighted by molar-refractivity contribution is -0.143. The van der Waals surface area contributed by atoms with Crippen LogP contribution in [0.15, 0.2) is 29.2 Å². The van der Waals surface area contributed by atoms with E-state index in [0.717, 1.165) is 4.90 Å². The molecule has 0 aromatic heterocycles. The number of aliphatic carboxylic acids is 1. The fraction of sp³-hybridized carbons (Fsp3) is 0.333. The lowest BCUT2D eigenvalue weighted by atomic mass is 10.4. The summed E-state index contributed by atoms with van der Waals surface area (Å²) < 4.78 is 0. The van der Waals surface area contributed by atoms with Gasteiger partial charge in [0.2, 0.25) is 5.91 Å². The molecule has 0 bridgehead atoms. The Morgan fingerprint density at radius 2 is 2.06 bits per heavy atom. The maximum absolute atomic E-state index is 11.6. The van der Waals surface area contributed by atoms with E-state index in [2.05, 4.69) is 0 Å². The highest BCUT2D eigenvalue weighted by molar-refractivity contribution is 7.99. The quantitative estimate of drug-likeness (QED) is 0.816. The number of halogens is 1. The minimum atomic E-state index is -1.01. The van der Waals surface area contributed by atoms with Gasteiger partial charge in [0, 0.05) is 24.1 Å². The number of carboxylic acids is 1. The highest BCUT2D eigenvalue weighted by atomic mass is 35.5. The molecule has 0 heterocycles. The van der Waals surface area contributed by atoms with Gasteiger partial charge in [-0.15, -0.1) is 11.8 Å². The summed E-state index contributed by atoms with van der Waals surface area (Å²) in [5.41, 5.74) is 0. The predicted octanol–water partition coefficient (Wildman–Crippen LogP) is 2.37. The maximum atomic E-state index is 11.6. The summed E-state index contributed by atoms with van der Waals surface area (Å²) in [5.74, 6) is -0.617. The maximum Gasteiger partial charge on any atom is 0.323 e. The van der Waals surface area contributed by atoms with Crippen LogP contribution >= 0.6 is 23.4 Å². The van der Waals surface area contributed by atoms with Gasteiger partial charge in [-0.2, -0.15) is 0 Å². The van der Waals surface area contributed by atoms with E-state index >= 15 is 0 Å². The molecule has 18 heavy (non-hydrogen) atoms. The van der Waals surface area contributed by atoms with Crippen LogP contribution in [0.5, 0.6) is 0 Å². The van der Waals surface area contributed by atoms with Gasteiger partial charge >= 0.3 is 5.97 Å². The molecule has 4 nitrogen and oxygen atoms in total. The number of likely N-dealkylation sites (N-methyl/N-ethyl adjacent to an activating group) is 1. The van der Waals surface area contributed by atoms with E-state index in [4.69, 9.17) is 16.7 Å². The summed E-state index contributed by atoms with van der Waals surface area (Å²) in [6.07, 6.45) is 0.291. The Bertz CT molecular complexity index is 439. The SMILES string of the molecule is CN(CC(=O)O)C(=O)CCSc1ccccc1Cl. The zero-order chi connectivity index (χ0) is 13.5. The monoisotopic (exact) mass is 287 g/mol. The minimum absolute atomic E-state index is 0.183. The lowest BCUT2D eigenvalue weighted by Crippen LogP contribution is -2.32. The van der Waals surface area contributed by atoms with Crippen molar-refractivity contribution < 1.29 is 14.7 Å². The molecule has 1 N–H and O–H groups in total. The molecule has 0 saturated carbocycles. The third-order valence-electron chi connectivity index (χ3n) is 2.21. The van der Waals surface area contributed by atoms with Crippen molar-refractivity contribution in [2.24, 2.45) is 0 Å². The molecule has 1 amide bonds. The second kappa shape index (κ2) is 7.28. The second-order valence-electron chi connectivity index (χ2n) is 3.67. The summed E-state index contributed by atoms with van der Waals surface area (Å²) in [6, 6.07) is 7.41. The number of amides is 1. The smallest absolute Gasteiger partial charge is 0.323 e. The van der Waals surface area contributed by atoms with Crippen molar-refractivity contribution in [3.05, 3.63) is 29.3 Å². The van der Waals surface area contributed by atoms with Gasteiger partial charge in [0.15, 0.2) is 0 Å². The first kappa shape index (κ1) is 14.9. The highest BCUT2D eigenvalue weighted by Gasteiger charge is 2.11. The molecule has 6 heteroatoms. The van der Waals surface area contributed by atoms with E-state index in [1.807, 2.05) is 18.2 Å². The van der Waals surface area contributed by atoms with E-state index in [9.17, 15) is 9.59 Å². The van der Waals surface area contributed by atoms with Gasteiger partial charge in [0.05, 0.1) is 5.02 Å². The number of rotatable bonds is 6. The Morgan fingerprint density at radius 3 is 2.67 bits per heavy atom. The number of nitrogens with zero attached hydrogens (tertiary/aromatic N) is 1. The Hall–Kier alpha value is -1.20. The highest BCUT2D eigenvalue weighted by Crippen LogP contribution is 2.26. The molecule has 98 valence electrons. The average molecular weight is 288 g/mol. The fourth-order valence-electron chi connectivity index (χ4n) is 1.29. The number of benzene rings is 1. The summed E-state index contributed by atoms with van der Waals surface area (Å²) in [7, 11) is 1.48. The topological polar surface area (TPSA) is 57.6 Å². The van der Waals surface area contributed by atoms with E-state index in [0.29, 0.717) is 17.2 Å². The van der Waals surface area contributed by atoms with E-state index in [1.165, 1.54) is 23.7 Å². The Balaban J connectivity index is 2.36.